The number of nitrogens with one attached hydrogen (secondary N) is 1. The Kier molecular flexibility index (Phi) is 6.15. The van der Waals surface area contributed by atoms with Crippen LogP contribution in [0.25, 0.3) is 11.1 Å². The van der Waals surface area contributed by atoms with Crippen molar-refractivity contribution in [3.05, 3.63) is 89.7 Å². The van der Waals surface area contributed by atoms with E-state index < -0.39 is 36.0 Å². The molecule has 0 saturated heterocycles. The number of amides is 1. The van der Waals surface area contributed by atoms with Crippen LogP contribution in [0.15, 0.2) is 72.8 Å². The van der Waals surface area contributed by atoms with Crippen LogP contribution in [0, 0.1) is 5.82 Å². The van der Waals surface area contributed by atoms with Gasteiger partial charge in [0.15, 0.2) is 6.61 Å². The van der Waals surface area contributed by atoms with Crippen LogP contribution in [0.5, 0.6) is 0 Å². The zero-order valence-corrected chi connectivity index (χ0v) is 15.4. The van der Waals surface area contributed by atoms with E-state index in [0.717, 1.165) is 18.2 Å². The van der Waals surface area contributed by atoms with Crippen LogP contribution in [0.3, 0.4) is 0 Å². The van der Waals surface area contributed by atoms with Crippen molar-refractivity contribution in [1.82, 2.24) is 0 Å². The first-order valence-electron chi connectivity index (χ1n) is 8.73. The highest BCUT2D eigenvalue weighted by Gasteiger charge is 2.30. The third-order valence-electron chi connectivity index (χ3n) is 4.11. The molecule has 0 atom stereocenters. The SMILES string of the molecule is O=C(COC(=O)c1ccccc1-c1ccc(C(F)(F)F)cc1)Nc1cccc(F)c1. The molecule has 1 amide bonds. The minimum absolute atomic E-state index is 0.0933. The molecular formula is C22H15F4NO3. The van der Waals surface area contributed by atoms with Crippen molar-refractivity contribution >= 4 is 17.6 Å². The average molecular weight is 417 g/mol. The number of halogens is 4. The predicted molar refractivity (Wildman–Crippen MR) is 102 cm³/mol. The summed E-state index contributed by atoms with van der Waals surface area (Å²) < 4.78 is 56.4. The largest absolute Gasteiger partial charge is 0.452 e. The van der Waals surface area contributed by atoms with E-state index in [1.807, 2.05) is 0 Å². The van der Waals surface area contributed by atoms with Gasteiger partial charge in [0.1, 0.15) is 5.82 Å². The fraction of sp³-hybridized carbons (Fsp3) is 0.0909. The zero-order chi connectivity index (χ0) is 21.7. The Morgan fingerprint density at radius 3 is 2.27 bits per heavy atom. The minimum Gasteiger partial charge on any atom is -0.452 e. The van der Waals surface area contributed by atoms with Gasteiger partial charge in [0.2, 0.25) is 0 Å². The second kappa shape index (κ2) is 8.77. The number of hydrogen-bond acceptors (Lipinski definition) is 3. The van der Waals surface area contributed by atoms with E-state index in [2.05, 4.69) is 5.32 Å². The maximum atomic E-state index is 13.1. The van der Waals surface area contributed by atoms with Crippen LogP contribution >= 0.6 is 0 Å². The van der Waals surface area contributed by atoms with Crippen molar-refractivity contribution in [2.24, 2.45) is 0 Å². The summed E-state index contributed by atoms with van der Waals surface area (Å²) in [5.74, 6) is -2.02. The second-order valence-electron chi connectivity index (χ2n) is 6.26. The Balaban J connectivity index is 1.70. The number of anilines is 1. The van der Waals surface area contributed by atoms with Gasteiger partial charge in [0.05, 0.1) is 11.1 Å². The maximum Gasteiger partial charge on any atom is 0.416 e. The van der Waals surface area contributed by atoms with E-state index in [9.17, 15) is 27.2 Å². The topological polar surface area (TPSA) is 55.4 Å². The smallest absolute Gasteiger partial charge is 0.416 e. The lowest BCUT2D eigenvalue weighted by Crippen LogP contribution is -2.21. The number of hydrogen-bond donors (Lipinski definition) is 1. The molecule has 0 heterocycles. The molecule has 3 aromatic rings. The van der Waals surface area contributed by atoms with Crippen LogP contribution in [-0.2, 0) is 15.7 Å². The Hall–Kier alpha value is -3.68. The van der Waals surface area contributed by atoms with E-state index in [1.54, 1.807) is 18.2 Å². The van der Waals surface area contributed by atoms with Crippen LogP contribution in [0.2, 0.25) is 0 Å². The van der Waals surface area contributed by atoms with E-state index >= 15 is 0 Å². The van der Waals surface area contributed by atoms with Gasteiger partial charge in [-0.05, 0) is 47.5 Å². The molecule has 1 N–H and O–H groups in total. The molecule has 30 heavy (non-hydrogen) atoms. The first kappa shape index (κ1) is 21.0. The lowest BCUT2D eigenvalue weighted by Gasteiger charge is -2.11. The fourth-order valence-corrected chi connectivity index (χ4v) is 2.72. The Morgan fingerprint density at radius 1 is 0.900 bits per heavy atom. The monoisotopic (exact) mass is 417 g/mol. The molecule has 0 aromatic heterocycles. The van der Waals surface area contributed by atoms with E-state index in [-0.39, 0.29) is 11.3 Å². The van der Waals surface area contributed by atoms with Gasteiger partial charge in [-0.15, -0.1) is 0 Å². The third kappa shape index (κ3) is 5.22. The Labute approximate surface area is 169 Å². The molecule has 154 valence electrons. The summed E-state index contributed by atoms with van der Waals surface area (Å²) in [5.41, 5.74) is 0.249. The minimum atomic E-state index is -4.47. The van der Waals surface area contributed by atoms with Crippen LogP contribution in [-0.4, -0.2) is 18.5 Å². The summed E-state index contributed by atoms with van der Waals surface area (Å²) in [4.78, 5) is 24.4. The predicted octanol–water partition coefficient (Wildman–Crippen LogP) is 5.31. The van der Waals surface area contributed by atoms with Crippen molar-refractivity contribution in [1.29, 1.82) is 0 Å². The average Bonchev–Trinajstić information content (AvgIpc) is 2.71. The first-order chi connectivity index (χ1) is 14.2. The number of benzene rings is 3. The highest BCUT2D eigenvalue weighted by molar-refractivity contribution is 5.99. The highest BCUT2D eigenvalue weighted by Crippen LogP contribution is 2.32. The van der Waals surface area contributed by atoms with Crippen molar-refractivity contribution < 1.29 is 31.9 Å². The zero-order valence-electron chi connectivity index (χ0n) is 15.4. The molecule has 0 radical (unpaired) electrons. The number of carbonyl (C=O) groups excluding carboxylic acids is 2. The van der Waals surface area contributed by atoms with Gasteiger partial charge in [-0.1, -0.05) is 36.4 Å². The van der Waals surface area contributed by atoms with E-state index in [1.165, 1.54) is 36.4 Å². The van der Waals surface area contributed by atoms with Gasteiger partial charge >= 0.3 is 12.1 Å². The van der Waals surface area contributed by atoms with Gasteiger partial charge < -0.3 is 10.1 Å². The van der Waals surface area contributed by atoms with Crippen molar-refractivity contribution in [2.45, 2.75) is 6.18 Å². The van der Waals surface area contributed by atoms with E-state index in [4.69, 9.17) is 4.74 Å². The number of ether oxygens (including phenoxy) is 1. The summed E-state index contributed by atoms with van der Waals surface area (Å²) in [7, 11) is 0. The van der Waals surface area contributed by atoms with Crippen molar-refractivity contribution in [2.75, 3.05) is 11.9 Å². The van der Waals surface area contributed by atoms with Gasteiger partial charge in [0.25, 0.3) is 5.91 Å². The molecular weight excluding hydrogens is 402 g/mol. The molecule has 0 unspecified atom stereocenters. The normalized spacial score (nSPS) is 11.1. The quantitative estimate of drug-likeness (QED) is 0.452. The van der Waals surface area contributed by atoms with Gasteiger partial charge in [-0.25, -0.2) is 9.18 Å². The molecule has 0 aliphatic rings. The molecule has 4 nitrogen and oxygen atoms in total. The number of alkyl halides is 3. The van der Waals surface area contributed by atoms with Gasteiger partial charge in [0, 0.05) is 5.69 Å². The summed E-state index contributed by atoms with van der Waals surface area (Å²) in [6.45, 7) is -0.614. The van der Waals surface area contributed by atoms with Crippen LogP contribution in [0.1, 0.15) is 15.9 Å². The summed E-state index contributed by atoms with van der Waals surface area (Å²) >= 11 is 0. The second-order valence-corrected chi connectivity index (χ2v) is 6.26. The molecule has 3 rings (SSSR count). The van der Waals surface area contributed by atoms with Crippen molar-refractivity contribution in [3.63, 3.8) is 0 Å². The lowest BCUT2D eigenvalue weighted by molar-refractivity contribution is -0.137. The molecule has 0 bridgehead atoms. The molecule has 0 spiro atoms. The standard InChI is InChI=1S/C22H15F4NO3/c23-16-4-3-5-17(12-16)27-20(28)13-30-21(29)19-7-2-1-6-18(19)14-8-10-15(11-9-14)22(24,25)26/h1-12H,13H2,(H,27,28). The molecule has 0 aliphatic carbocycles. The molecule has 8 heteroatoms. The van der Waals surface area contributed by atoms with Crippen LogP contribution < -0.4 is 5.32 Å². The van der Waals surface area contributed by atoms with Crippen LogP contribution in [0.4, 0.5) is 23.2 Å². The first-order valence-corrected chi connectivity index (χ1v) is 8.73. The number of carbonyl (C=O) groups is 2. The van der Waals surface area contributed by atoms with Crippen molar-refractivity contribution in [3.8, 4) is 11.1 Å². The van der Waals surface area contributed by atoms with Gasteiger partial charge in [-0.3, -0.25) is 4.79 Å². The molecule has 0 saturated carbocycles. The molecule has 0 aliphatic heterocycles. The molecule has 0 fully saturated rings. The summed E-state index contributed by atoms with van der Waals surface area (Å²) in [6.07, 6.45) is -4.47. The molecule has 3 aromatic carbocycles. The van der Waals surface area contributed by atoms with E-state index in [0.29, 0.717) is 11.1 Å². The maximum absolute atomic E-state index is 13.1. The highest BCUT2D eigenvalue weighted by atomic mass is 19.4. The third-order valence-corrected chi connectivity index (χ3v) is 4.11. The fourth-order valence-electron chi connectivity index (χ4n) is 2.72. The lowest BCUT2D eigenvalue weighted by atomic mass is 9.98. The summed E-state index contributed by atoms with van der Waals surface area (Å²) in [5, 5.41) is 2.39. The Bertz CT molecular complexity index is 1060. The number of rotatable bonds is 5. The number of esters is 1. The van der Waals surface area contributed by atoms with Gasteiger partial charge in [-0.2, -0.15) is 13.2 Å². The summed E-state index contributed by atoms with van der Waals surface area (Å²) in [6, 6.07) is 15.8. The Morgan fingerprint density at radius 2 is 1.60 bits per heavy atom.